The Morgan fingerprint density at radius 1 is 1.53 bits per heavy atom. The van der Waals surface area contributed by atoms with Gasteiger partial charge in [0, 0.05) is 25.1 Å². The second kappa shape index (κ2) is 6.14. The van der Waals surface area contributed by atoms with Crippen LogP contribution in [0.3, 0.4) is 0 Å². The summed E-state index contributed by atoms with van der Waals surface area (Å²) in [6, 6.07) is 0.292. The lowest BCUT2D eigenvalue weighted by molar-refractivity contribution is 0.0550. The van der Waals surface area contributed by atoms with E-state index in [1.165, 1.54) is 6.42 Å². The van der Waals surface area contributed by atoms with Crippen LogP contribution in [-0.4, -0.2) is 50.3 Å². The number of hydrogen-bond donors (Lipinski definition) is 2. The first-order valence-electron chi connectivity index (χ1n) is 6.97. The van der Waals surface area contributed by atoms with E-state index >= 15 is 0 Å². The number of aliphatic hydroxyl groups excluding tert-OH is 1. The highest BCUT2D eigenvalue weighted by Crippen LogP contribution is 2.26. The van der Waals surface area contributed by atoms with Gasteiger partial charge in [0.2, 0.25) is 5.82 Å². The second-order valence-electron chi connectivity index (χ2n) is 5.36. The minimum absolute atomic E-state index is 0.0989. The first-order valence-corrected chi connectivity index (χ1v) is 6.97. The van der Waals surface area contributed by atoms with Gasteiger partial charge < -0.3 is 10.0 Å². The summed E-state index contributed by atoms with van der Waals surface area (Å²) in [5.74, 6) is 1.08. The summed E-state index contributed by atoms with van der Waals surface area (Å²) in [4.78, 5) is 18.5. The lowest BCUT2D eigenvalue weighted by Gasteiger charge is -2.36. The summed E-state index contributed by atoms with van der Waals surface area (Å²) in [5, 5.41) is 15.8. The van der Waals surface area contributed by atoms with Crippen molar-refractivity contribution in [3.05, 3.63) is 11.6 Å². The summed E-state index contributed by atoms with van der Waals surface area (Å²) in [6.07, 6.45) is 3.85. The first kappa shape index (κ1) is 14.0. The van der Waals surface area contributed by atoms with Gasteiger partial charge in [0.25, 0.3) is 5.91 Å². The molecule has 6 nitrogen and oxygen atoms in total. The molecular formula is C13H22N4O2. The van der Waals surface area contributed by atoms with Gasteiger partial charge in [-0.2, -0.15) is 0 Å². The van der Waals surface area contributed by atoms with Crippen molar-refractivity contribution in [1.29, 1.82) is 0 Å². The van der Waals surface area contributed by atoms with Crippen molar-refractivity contribution >= 4 is 5.91 Å². The van der Waals surface area contributed by atoms with Crippen LogP contribution >= 0.6 is 0 Å². The normalized spacial score (nSPS) is 15.6. The zero-order valence-corrected chi connectivity index (χ0v) is 11.6. The smallest absolute Gasteiger partial charge is 0.293 e. The van der Waals surface area contributed by atoms with Gasteiger partial charge in [-0.3, -0.25) is 9.89 Å². The number of aromatic nitrogens is 3. The van der Waals surface area contributed by atoms with Gasteiger partial charge in [-0.15, -0.1) is 5.10 Å². The minimum atomic E-state index is -0.124. The number of carbonyl (C=O) groups excluding carboxylic acids is 1. The fourth-order valence-electron chi connectivity index (χ4n) is 2.15. The molecule has 0 aliphatic heterocycles. The Kier molecular flexibility index (Phi) is 4.52. The maximum Gasteiger partial charge on any atom is 0.293 e. The number of nitrogens with zero attached hydrogens (tertiary/aromatic N) is 3. The Labute approximate surface area is 113 Å². The Bertz CT molecular complexity index is 426. The molecule has 0 spiro atoms. The van der Waals surface area contributed by atoms with Crippen LogP contribution in [0.1, 0.15) is 61.9 Å². The molecule has 1 heterocycles. The van der Waals surface area contributed by atoms with Crippen LogP contribution in [0.4, 0.5) is 0 Å². The predicted molar refractivity (Wildman–Crippen MR) is 70.9 cm³/mol. The topological polar surface area (TPSA) is 82.1 Å². The van der Waals surface area contributed by atoms with Crippen molar-refractivity contribution in [1.82, 2.24) is 20.1 Å². The molecule has 0 bridgehead atoms. The minimum Gasteiger partial charge on any atom is -0.396 e. The third-order valence-electron chi connectivity index (χ3n) is 3.57. The molecule has 1 aliphatic carbocycles. The first-order chi connectivity index (χ1) is 9.13. The van der Waals surface area contributed by atoms with Crippen LogP contribution in [0.5, 0.6) is 0 Å². The molecule has 0 saturated heterocycles. The van der Waals surface area contributed by atoms with Crippen molar-refractivity contribution in [3.63, 3.8) is 0 Å². The number of amides is 1. The molecule has 0 aromatic carbocycles. The molecule has 106 valence electrons. The van der Waals surface area contributed by atoms with Gasteiger partial charge in [0.1, 0.15) is 5.82 Å². The molecule has 6 heteroatoms. The van der Waals surface area contributed by atoms with Crippen molar-refractivity contribution in [2.45, 2.75) is 51.5 Å². The number of rotatable bonds is 6. The highest BCUT2D eigenvalue weighted by Gasteiger charge is 2.31. The standard InChI is InChI=1S/C13H22N4O2/c1-9(2)11-14-12(16-15-11)13(19)17(7-4-8-18)10-5-3-6-10/h9-10,18H,3-8H2,1-2H3,(H,14,15,16). The number of nitrogens with one attached hydrogen (secondary N) is 1. The zero-order chi connectivity index (χ0) is 13.8. The highest BCUT2D eigenvalue weighted by molar-refractivity contribution is 5.90. The molecule has 2 rings (SSSR count). The molecule has 19 heavy (non-hydrogen) atoms. The van der Waals surface area contributed by atoms with E-state index in [0.717, 1.165) is 18.7 Å². The summed E-state index contributed by atoms with van der Waals surface area (Å²) in [6.45, 7) is 4.68. The van der Waals surface area contributed by atoms with E-state index in [1.54, 1.807) is 0 Å². The van der Waals surface area contributed by atoms with E-state index in [0.29, 0.717) is 19.0 Å². The second-order valence-corrected chi connectivity index (χ2v) is 5.36. The van der Waals surface area contributed by atoms with Crippen LogP contribution < -0.4 is 0 Å². The predicted octanol–water partition coefficient (Wildman–Crippen LogP) is 1.31. The van der Waals surface area contributed by atoms with Crippen LogP contribution in [-0.2, 0) is 0 Å². The highest BCUT2D eigenvalue weighted by atomic mass is 16.3. The van der Waals surface area contributed by atoms with Crippen molar-refractivity contribution < 1.29 is 9.90 Å². The summed E-state index contributed by atoms with van der Waals surface area (Å²) in [7, 11) is 0. The SMILES string of the molecule is CC(C)c1nc(C(=O)N(CCCO)C2CCC2)n[nH]1. The van der Waals surface area contributed by atoms with Gasteiger partial charge >= 0.3 is 0 Å². The molecule has 1 aromatic rings. The van der Waals surface area contributed by atoms with Crippen molar-refractivity contribution in [2.75, 3.05) is 13.2 Å². The van der Waals surface area contributed by atoms with E-state index in [-0.39, 0.29) is 24.3 Å². The largest absolute Gasteiger partial charge is 0.396 e. The van der Waals surface area contributed by atoms with Gasteiger partial charge in [0.15, 0.2) is 0 Å². The summed E-state index contributed by atoms with van der Waals surface area (Å²) < 4.78 is 0. The van der Waals surface area contributed by atoms with Crippen LogP contribution in [0.15, 0.2) is 0 Å². The van der Waals surface area contributed by atoms with Crippen molar-refractivity contribution in [2.24, 2.45) is 0 Å². The fraction of sp³-hybridized carbons (Fsp3) is 0.769. The number of hydrogen-bond acceptors (Lipinski definition) is 4. The number of aliphatic hydroxyl groups is 1. The molecule has 2 N–H and O–H groups in total. The van der Waals surface area contributed by atoms with Gasteiger partial charge in [-0.1, -0.05) is 13.8 Å². The zero-order valence-electron chi connectivity index (χ0n) is 11.6. The van der Waals surface area contributed by atoms with Gasteiger partial charge in [-0.25, -0.2) is 4.98 Å². The maximum absolute atomic E-state index is 12.4. The van der Waals surface area contributed by atoms with E-state index in [4.69, 9.17) is 5.11 Å². The number of carbonyl (C=O) groups is 1. The third kappa shape index (κ3) is 3.12. The summed E-state index contributed by atoms with van der Waals surface area (Å²) in [5.41, 5.74) is 0. The Balaban J connectivity index is 2.08. The van der Waals surface area contributed by atoms with Crippen molar-refractivity contribution in [3.8, 4) is 0 Å². The Morgan fingerprint density at radius 2 is 2.26 bits per heavy atom. The lowest BCUT2D eigenvalue weighted by Crippen LogP contribution is -2.45. The molecule has 0 atom stereocenters. The van der Waals surface area contributed by atoms with Crippen LogP contribution in [0.25, 0.3) is 0 Å². The monoisotopic (exact) mass is 266 g/mol. The van der Waals surface area contributed by atoms with Gasteiger partial charge in [0.05, 0.1) is 0 Å². The average molecular weight is 266 g/mol. The molecular weight excluding hydrogens is 244 g/mol. The summed E-state index contributed by atoms with van der Waals surface area (Å²) >= 11 is 0. The van der Waals surface area contributed by atoms with Crippen LogP contribution in [0.2, 0.25) is 0 Å². The Morgan fingerprint density at radius 3 is 2.74 bits per heavy atom. The van der Waals surface area contributed by atoms with E-state index in [1.807, 2.05) is 18.7 Å². The fourth-order valence-corrected chi connectivity index (χ4v) is 2.15. The molecule has 1 fully saturated rings. The quantitative estimate of drug-likeness (QED) is 0.813. The molecule has 1 aromatic heterocycles. The molecule has 1 amide bonds. The van der Waals surface area contributed by atoms with E-state index in [2.05, 4.69) is 15.2 Å². The lowest BCUT2D eigenvalue weighted by atomic mass is 9.91. The molecule has 0 radical (unpaired) electrons. The number of H-pyrrole nitrogens is 1. The molecule has 1 saturated carbocycles. The average Bonchev–Trinajstić information content (AvgIpc) is 2.80. The molecule has 0 unspecified atom stereocenters. The molecule has 1 aliphatic rings. The van der Waals surface area contributed by atoms with E-state index in [9.17, 15) is 4.79 Å². The van der Waals surface area contributed by atoms with E-state index < -0.39 is 0 Å². The van der Waals surface area contributed by atoms with Crippen LogP contribution in [0, 0.1) is 0 Å². The third-order valence-corrected chi connectivity index (χ3v) is 3.57. The van der Waals surface area contributed by atoms with Gasteiger partial charge in [-0.05, 0) is 25.7 Å². The maximum atomic E-state index is 12.4. The number of aromatic amines is 1. The Hall–Kier alpha value is -1.43.